The van der Waals surface area contributed by atoms with Gasteiger partial charge in [-0.2, -0.15) is 0 Å². The van der Waals surface area contributed by atoms with Gasteiger partial charge in [0.15, 0.2) is 12.6 Å². The number of rotatable bonds is 61. The van der Waals surface area contributed by atoms with Crippen LogP contribution in [0, 0.1) is 0 Å². The summed E-state index contributed by atoms with van der Waals surface area (Å²) >= 11 is 0. The van der Waals surface area contributed by atoms with Crippen molar-refractivity contribution in [3.05, 3.63) is 36.5 Å². The lowest BCUT2D eigenvalue weighted by Gasteiger charge is -2.46. The number of amides is 1. The van der Waals surface area contributed by atoms with E-state index in [9.17, 15) is 45.6 Å². The topological polar surface area (TPSA) is 228 Å². The van der Waals surface area contributed by atoms with Gasteiger partial charge < -0.3 is 65.1 Å². The number of carbonyl (C=O) groups is 1. The molecule has 512 valence electrons. The van der Waals surface area contributed by atoms with Crippen LogP contribution in [0.4, 0.5) is 0 Å². The van der Waals surface area contributed by atoms with E-state index in [0.717, 1.165) is 44.9 Å². The molecule has 0 aromatic carbocycles. The Morgan fingerprint density at radius 2 is 0.736 bits per heavy atom. The van der Waals surface area contributed by atoms with Gasteiger partial charge in [0, 0.05) is 6.42 Å². The Labute approximate surface area is 531 Å². The summed E-state index contributed by atoms with van der Waals surface area (Å²) in [4.78, 5) is 13.3. The SMILES string of the molecule is CCCCCCC/C=C/CC/C=C/CC/C=C/C(O)C(COC1OC(CO)C(OC2OC(CO)C(O)C(O)C2O)C(O)C1O)NC(=O)CCCCCCCCCCCCCCCCCCCCCCCCCCCCCCCCCCCCCCCC. The second kappa shape index (κ2) is 58.1. The zero-order chi connectivity index (χ0) is 63.1. The van der Waals surface area contributed by atoms with Crippen molar-refractivity contribution in [2.45, 2.75) is 402 Å². The molecule has 2 aliphatic rings. The molecule has 12 atom stereocenters. The summed E-state index contributed by atoms with van der Waals surface area (Å²) in [6, 6.07) is -0.936. The zero-order valence-corrected chi connectivity index (χ0v) is 55.8. The fourth-order valence-corrected chi connectivity index (χ4v) is 12.2. The summed E-state index contributed by atoms with van der Waals surface area (Å²) in [6.45, 7) is 2.79. The van der Waals surface area contributed by atoms with E-state index in [0.29, 0.717) is 12.8 Å². The first kappa shape index (κ1) is 81.3. The van der Waals surface area contributed by atoms with Crippen LogP contribution in [-0.4, -0.2) is 140 Å². The van der Waals surface area contributed by atoms with E-state index in [2.05, 4.69) is 43.5 Å². The lowest BCUT2D eigenvalue weighted by molar-refractivity contribution is -0.359. The molecule has 2 aliphatic heterocycles. The highest BCUT2D eigenvalue weighted by molar-refractivity contribution is 5.76. The molecule has 0 radical (unpaired) electrons. The Morgan fingerprint density at radius 3 is 1.13 bits per heavy atom. The maximum Gasteiger partial charge on any atom is 0.220 e. The number of aliphatic hydroxyl groups is 8. The molecule has 0 aromatic rings. The molecule has 2 fully saturated rings. The van der Waals surface area contributed by atoms with Crippen molar-refractivity contribution in [1.29, 1.82) is 0 Å². The van der Waals surface area contributed by atoms with Crippen LogP contribution < -0.4 is 5.32 Å². The van der Waals surface area contributed by atoms with E-state index in [4.69, 9.17) is 18.9 Å². The number of hydrogen-bond donors (Lipinski definition) is 9. The highest BCUT2D eigenvalue weighted by Gasteiger charge is 2.51. The molecule has 2 saturated heterocycles. The maximum atomic E-state index is 13.3. The smallest absolute Gasteiger partial charge is 0.220 e. The summed E-state index contributed by atoms with van der Waals surface area (Å²) in [7, 11) is 0. The predicted molar refractivity (Wildman–Crippen MR) is 355 cm³/mol. The molecule has 0 bridgehead atoms. The van der Waals surface area contributed by atoms with Crippen LogP contribution in [0.15, 0.2) is 36.5 Å². The van der Waals surface area contributed by atoms with Crippen molar-refractivity contribution in [3.8, 4) is 0 Å². The number of allylic oxidation sites excluding steroid dienone is 5. The highest BCUT2D eigenvalue weighted by Crippen LogP contribution is 2.30. The minimum absolute atomic E-state index is 0.248. The van der Waals surface area contributed by atoms with Gasteiger partial charge in [-0.05, 0) is 44.9 Å². The fraction of sp³-hybridized carbons (Fsp3) is 0.904. The molecule has 14 nitrogen and oxygen atoms in total. The van der Waals surface area contributed by atoms with Gasteiger partial charge in [0.05, 0.1) is 32.0 Å². The molecule has 14 heteroatoms. The molecule has 0 aromatic heterocycles. The summed E-state index contributed by atoms with van der Waals surface area (Å²) in [5.74, 6) is -0.248. The Hall–Kier alpha value is -1.79. The van der Waals surface area contributed by atoms with Crippen LogP contribution in [0.3, 0.4) is 0 Å². The van der Waals surface area contributed by atoms with Crippen LogP contribution in [0.2, 0.25) is 0 Å². The number of hydrogen-bond acceptors (Lipinski definition) is 13. The van der Waals surface area contributed by atoms with Gasteiger partial charge in [-0.25, -0.2) is 0 Å². The highest BCUT2D eigenvalue weighted by atomic mass is 16.7. The Morgan fingerprint density at radius 1 is 0.402 bits per heavy atom. The molecule has 87 heavy (non-hydrogen) atoms. The molecule has 2 rings (SSSR count). The molecule has 0 aliphatic carbocycles. The first-order chi connectivity index (χ1) is 42.6. The van der Waals surface area contributed by atoms with Gasteiger partial charge >= 0.3 is 0 Å². The van der Waals surface area contributed by atoms with Crippen molar-refractivity contribution in [2.24, 2.45) is 0 Å². The Bertz CT molecular complexity index is 1600. The normalized spacial score (nSPS) is 23.4. The van der Waals surface area contributed by atoms with Gasteiger partial charge in [0.1, 0.15) is 48.8 Å². The number of ether oxygens (including phenoxy) is 4. The van der Waals surface area contributed by atoms with Crippen molar-refractivity contribution in [1.82, 2.24) is 5.32 Å². The quantitative estimate of drug-likeness (QED) is 0.0204. The number of carbonyl (C=O) groups excluding carboxylic acids is 1. The van der Waals surface area contributed by atoms with E-state index in [-0.39, 0.29) is 18.9 Å². The first-order valence-corrected chi connectivity index (χ1v) is 36.7. The third-order valence-corrected chi connectivity index (χ3v) is 18.1. The van der Waals surface area contributed by atoms with E-state index >= 15 is 0 Å². The largest absolute Gasteiger partial charge is 0.394 e. The predicted octanol–water partition coefficient (Wildman–Crippen LogP) is 15.3. The molecule has 0 spiro atoms. The van der Waals surface area contributed by atoms with Gasteiger partial charge in [-0.1, -0.05) is 314 Å². The van der Waals surface area contributed by atoms with Gasteiger partial charge in [0.2, 0.25) is 5.91 Å². The standard InChI is InChI=1S/C73H137NO13/c1-3-5-7-9-11-13-15-17-19-20-21-22-23-24-25-26-27-28-29-30-31-32-33-34-35-36-37-38-39-40-41-43-45-47-49-51-53-55-57-65(78)74-61(62(77)56-54-52-50-48-46-44-42-18-16-14-12-10-8-6-4-2)60-84-72-70(83)68(81)71(64(59-76)86-72)87-73-69(82)67(80)66(79)63(58-75)85-73/h16,18,46,48,54,56,61-64,66-73,75-77,79-83H,3-15,17,19-45,47,49-53,55,57-60H2,1-2H3,(H,74,78)/b18-16+,48-46+,56-54+. The lowest BCUT2D eigenvalue weighted by atomic mass is 9.97. The molecule has 1 amide bonds. The Balaban J connectivity index is 1.56. The first-order valence-electron chi connectivity index (χ1n) is 36.7. The maximum absolute atomic E-state index is 13.3. The molecule has 2 heterocycles. The van der Waals surface area contributed by atoms with E-state index < -0.39 is 86.8 Å². The Kier molecular flexibility index (Phi) is 54.3. The summed E-state index contributed by atoms with van der Waals surface area (Å²) < 4.78 is 22.8. The van der Waals surface area contributed by atoms with Crippen LogP contribution in [0.1, 0.15) is 328 Å². The fourth-order valence-electron chi connectivity index (χ4n) is 12.2. The molecular formula is C73H137NO13. The van der Waals surface area contributed by atoms with Crippen molar-refractivity contribution in [3.63, 3.8) is 0 Å². The van der Waals surface area contributed by atoms with E-state index in [1.165, 1.54) is 250 Å². The number of nitrogens with one attached hydrogen (secondary N) is 1. The van der Waals surface area contributed by atoms with Crippen LogP contribution in [0.5, 0.6) is 0 Å². The summed E-state index contributed by atoms with van der Waals surface area (Å²) in [5, 5.41) is 87.2. The van der Waals surface area contributed by atoms with E-state index in [1.807, 2.05) is 6.08 Å². The van der Waals surface area contributed by atoms with E-state index in [1.54, 1.807) is 6.08 Å². The van der Waals surface area contributed by atoms with Crippen molar-refractivity contribution < 1.29 is 64.6 Å². The minimum Gasteiger partial charge on any atom is -0.394 e. The van der Waals surface area contributed by atoms with Gasteiger partial charge in [0.25, 0.3) is 0 Å². The average molecular weight is 1240 g/mol. The molecule has 9 N–H and O–H groups in total. The third kappa shape index (κ3) is 42.1. The van der Waals surface area contributed by atoms with Crippen molar-refractivity contribution >= 4 is 5.91 Å². The van der Waals surface area contributed by atoms with Crippen LogP contribution in [0.25, 0.3) is 0 Å². The molecular weight excluding hydrogens is 1100 g/mol. The summed E-state index contributed by atoms with van der Waals surface area (Å²) in [5.41, 5.74) is 0. The van der Waals surface area contributed by atoms with Gasteiger partial charge in [-0.3, -0.25) is 4.79 Å². The third-order valence-electron chi connectivity index (χ3n) is 18.1. The molecule has 12 unspecified atom stereocenters. The molecule has 0 saturated carbocycles. The van der Waals surface area contributed by atoms with Crippen LogP contribution >= 0.6 is 0 Å². The summed E-state index contributed by atoms with van der Waals surface area (Å²) in [6.07, 6.45) is 58.2. The number of unbranched alkanes of at least 4 members (excludes halogenated alkanes) is 44. The van der Waals surface area contributed by atoms with Crippen LogP contribution in [-0.2, 0) is 23.7 Å². The minimum atomic E-state index is -1.79. The second-order valence-corrected chi connectivity index (χ2v) is 26.1. The number of aliphatic hydroxyl groups excluding tert-OH is 8. The zero-order valence-electron chi connectivity index (χ0n) is 55.8. The van der Waals surface area contributed by atoms with Gasteiger partial charge in [-0.15, -0.1) is 0 Å². The lowest BCUT2D eigenvalue weighted by Crippen LogP contribution is -2.65. The van der Waals surface area contributed by atoms with Crippen molar-refractivity contribution in [2.75, 3.05) is 19.8 Å². The second-order valence-electron chi connectivity index (χ2n) is 26.1. The average Bonchev–Trinajstić information content (AvgIpc) is 2.65. The monoisotopic (exact) mass is 1240 g/mol.